The SMILES string of the molecule is NC(=O)C[C@H](N)C(=O)O.NC(=O)C[C@H](NC(N)C(=O)O)C(=O)O.N[C@@H](CC(=O)O)C(=O)O.N[C@H](O)CC(=O)O. The van der Waals surface area contributed by atoms with E-state index < -0.39 is 91.0 Å². The standard InChI is InChI=1S/C6H11N3O5.C4H8N2O3.C4H7NO4.C3H7NO3/c7-3(10)1-2(5(11)12)9-4(8)6(13)14;2*5-2(4(8)9)1-3(6)7;4-2(5)1-3(6)7/h2,4,9H,1,8H2,(H2,7,10)(H,11,12)(H,13,14);2H,1,5H2,(H2,6,7)(H,8,9);2H,1,5H2,(H,6,7)(H,8,9);2,5H,1,4H2,(H,6,7)/t2-,4?;3*2-/m0001/s1. The van der Waals surface area contributed by atoms with Gasteiger partial charge in [0, 0.05) is 0 Å². The van der Waals surface area contributed by atoms with Crippen LogP contribution < -0.4 is 39.7 Å². The minimum atomic E-state index is -1.55. The summed E-state index contributed by atoms with van der Waals surface area (Å²) in [7, 11) is 0. The maximum absolute atomic E-state index is 10.5. The Morgan fingerprint density at radius 1 is 0.538 bits per heavy atom. The summed E-state index contributed by atoms with van der Waals surface area (Å²) in [5.74, 6) is -9.17. The quantitative estimate of drug-likeness (QED) is 0.0855. The zero-order chi connectivity index (χ0) is 32.0. The normalized spacial score (nSPS) is 13.4. The number of carboxylic acids is 6. The minimum Gasteiger partial charge on any atom is -0.481 e. The van der Waals surface area contributed by atoms with Gasteiger partial charge < -0.3 is 70.1 Å². The molecule has 0 rings (SSSR count). The largest absolute Gasteiger partial charge is 0.481 e. The van der Waals surface area contributed by atoms with Crippen LogP contribution in [0.3, 0.4) is 0 Å². The number of nitrogens with two attached hydrogens (primary N) is 6. The number of hydrogen-bond acceptors (Lipinski definition) is 14. The van der Waals surface area contributed by atoms with Crippen molar-refractivity contribution in [3.63, 3.8) is 0 Å². The van der Waals surface area contributed by atoms with Crippen LogP contribution in [0.4, 0.5) is 0 Å². The summed E-state index contributed by atoms with van der Waals surface area (Å²) in [4.78, 5) is 80.2. The lowest BCUT2D eigenvalue weighted by atomic mass is 10.2. The van der Waals surface area contributed by atoms with Crippen LogP contribution in [0, 0.1) is 0 Å². The van der Waals surface area contributed by atoms with Crippen molar-refractivity contribution in [1.82, 2.24) is 5.32 Å². The highest BCUT2D eigenvalue weighted by Crippen LogP contribution is 1.92. The van der Waals surface area contributed by atoms with E-state index in [4.69, 9.17) is 58.7 Å². The highest BCUT2D eigenvalue weighted by atomic mass is 16.4. The van der Waals surface area contributed by atoms with Crippen LogP contribution in [0.1, 0.15) is 25.7 Å². The molecule has 226 valence electrons. The number of aliphatic hydroxyl groups excluding tert-OH is 1. The summed E-state index contributed by atoms with van der Waals surface area (Å²) in [6.07, 6.45) is -4.52. The van der Waals surface area contributed by atoms with Gasteiger partial charge in [0.2, 0.25) is 11.8 Å². The molecule has 22 heteroatoms. The molecule has 0 aliphatic carbocycles. The molecule has 0 saturated carbocycles. The van der Waals surface area contributed by atoms with E-state index in [1.165, 1.54) is 0 Å². The molecule has 0 aromatic heterocycles. The van der Waals surface area contributed by atoms with Gasteiger partial charge >= 0.3 is 35.8 Å². The van der Waals surface area contributed by atoms with E-state index in [0.29, 0.717) is 0 Å². The van der Waals surface area contributed by atoms with Gasteiger partial charge in [0.05, 0.1) is 25.7 Å². The number of amides is 2. The van der Waals surface area contributed by atoms with E-state index in [2.05, 4.69) is 11.5 Å². The molecule has 0 bridgehead atoms. The highest BCUT2D eigenvalue weighted by Gasteiger charge is 2.24. The predicted octanol–water partition coefficient (Wildman–Crippen LogP) is -6.84. The summed E-state index contributed by atoms with van der Waals surface area (Å²) in [6, 6.07) is -3.84. The van der Waals surface area contributed by atoms with Crippen molar-refractivity contribution in [2.24, 2.45) is 34.4 Å². The minimum absolute atomic E-state index is 0.310. The molecule has 0 fully saturated rings. The fourth-order valence-electron chi connectivity index (χ4n) is 1.47. The molecule has 2 amide bonds. The molecule has 0 aromatic rings. The molecule has 0 saturated heterocycles. The van der Waals surface area contributed by atoms with Gasteiger partial charge in [-0.25, -0.2) is 4.79 Å². The zero-order valence-corrected chi connectivity index (χ0v) is 20.1. The van der Waals surface area contributed by atoms with Gasteiger partial charge in [0.1, 0.15) is 24.4 Å². The van der Waals surface area contributed by atoms with Crippen molar-refractivity contribution >= 4 is 47.6 Å². The first kappa shape index (κ1) is 41.6. The Balaban J connectivity index is -0.000000217. The molecule has 0 aliphatic heterocycles. The third-order valence-corrected chi connectivity index (χ3v) is 3.18. The summed E-state index contributed by atoms with van der Waals surface area (Å²) in [6.45, 7) is 0. The molecule has 0 spiro atoms. The van der Waals surface area contributed by atoms with Crippen LogP contribution in [0.25, 0.3) is 0 Å². The van der Waals surface area contributed by atoms with Crippen molar-refractivity contribution in [3.8, 4) is 0 Å². The Kier molecular flexibility index (Phi) is 24.2. The van der Waals surface area contributed by atoms with Gasteiger partial charge in [-0.3, -0.25) is 38.9 Å². The fourth-order valence-corrected chi connectivity index (χ4v) is 1.47. The third kappa shape index (κ3) is 33.5. The Hall–Kier alpha value is -4.48. The first-order valence-electron chi connectivity index (χ1n) is 9.92. The van der Waals surface area contributed by atoms with Gasteiger partial charge in [0.15, 0.2) is 6.17 Å². The number of carbonyl (C=O) groups excluding carboxylic acids is 2. The molecule has 0 radical (unpaired) electrons. The fraction of sp³-hybridized carbons (Fsp3) is 0.529. The Morgan fingerprint density at radius 2 is 0.897 bits per heavy atom. The van der Waals surface area contributed by atoms with E-state index in [-0.39, 0.29) is 12.8 Å². The smallest absolute Gasteiger partial charge is 0.335 e. The molecule has 5 atom stereocenters. The summed E-state index contributed by atoms with van der Waals surface area (Å²) in [5, 5.41) is 59.0. The average Bonchev–Trinajstić information content (AvgIpc) is 2.72. The van der Waals surface area contributed by atoms with E-state index in [1.807, 2.05) is 5.32 Å². The van der Waals surface area contributed by atoms with Crippen molar-refractivity contribution in [1.29, 1.82) is 0 Å². The number of aliphatic hydroxyl groups is 1. The predicted molar refractivity (Wildman–Crippen MR) is 124 cm³/mol. The van der Waals surface area contributed by atoms with Crippen molar-refractivity contribution in [3.05, 3.63) is 0 Å². The molecule has 0 aliphatic rings. The summed E-state index contributed by atoms with van der Waals surface area (Å²) < 4.78 is 0. The van der Waals surface area contributed by atoms with Crippen molar-refractivity contribution in [2.75, 3.05) is 0 Å². The monoisotopic (exact) mass is 575 g/mol. The van der Waals surface area contributed by atoms with Gasteiger partial charge in [-0.15, -0.1) is 0 Å². The molecule has 39 heavy (non-hydrogen) atoms. The van der Waals surface area contributed by atoms with Crippen LogP contribution in [0.15, 0.2) is 0 Å². The molecule has 0 heterocycles. The van der Waals surface area contributed by atoms with Crippen molar-refractivity contribution in [2.45, 2.75) is 56.2 Å². The average molecular weight is 575 g/mol. The van der Waals surface area contributed by atoms with Crippen molar-refractivity contribution < 1.29 is 74.1 Å². The first-order chi connectivity index (χ1) is 17.5. The number of carbonyl (C=O) groups is 8. The topological polar surface area (TPSA) is 446 Å². The second-order valence-electron chi connectivity index (χ2n) is 6.87. The molecular formula is C17H33N7O15. The van der Waals surface area contributed by atoms with E-state index in [1.54, 1.807) is 0 Å². The Labute approximate surface area is 218 Å². The third-order valence-electron chi connectivity index (χ3n) is 3.18. The number of rotatable bonds is 14. The number of carboxylic acid groups (broad SMARTS) is 6. The lowest BCUT2D eigenvalue weighted by Gasteiger charge is -2.15. The van der Waals surface area contributed by atoms with Crippen LogP contribution in [-0.2, 0) is 38.4 Å². The van der Waals surface area contributed by atoms with Gasteiger partial charge in [0.25, 0.3) is 0 Å². The maximum atomic E-state index is 10.5. The Bertz CT molecular complexity index is 820. The van der Waals surface area contributed by atoms with Crippen LogP contribution >= 0.6 is 0 Å². The molecule has 22 nitrogen and oxygen atoms in total. The zero-order valence-electron chi connectivity index (χ0n) is 20.1. The van der Waals surface area contributed by atoms with Gasteiger partial charge in [-0.2, -0.15) is 0 Å². The molecule has 0 aromatic carbocycles. The van der Waals surface area contributed by atoms with E-state index in [9.17, 15) is 38.4 Å². The highest BCUT2D eigenvalue weighted by molar-refractivity contribution is 5.84. The van der Waals surface area contributed by atoms with Gasteiger partial charge in [-0.05, 0) is 0 Å². The van der Waals surface area contributed by atoms with E-state index >= 15 is 0 Å². The maximum Gasteiger partial charge on any atom is 0.335 e. The number of hydrogen-bond donors (Lipinski definition) is 14. The molecule has 20 N–H and O–H groups in total. The second-order valence-corrected chi connectivity index (χ2v) is 6.87. The summed E-state index contributed by atoms with van der Waals surface area (Å²) in [5.41, 5.74) is 28.8. The lowest BCUT2D eigenvalue weighted by molar-refractivity contribution is -0.144. The van der Waals surface area contributed by atoms with Gasteiger partial charge in [-0.1, -0.05) is 0 Å². The van der Waals surface area contributed by atoms with Crippen LogP contribution in [-0.4, -0.2) is 114 Å². The number of aliphatic carboxylic acids is 6. The number of primary amides is 2. The summed E-state index contributed by atoms with van der Waals surface area (Å²) >= 11 is 0. The molecule has 1 unspecified atom stereocenters. The first-order valence-corrected chi connectivity index (χ1v) is 9.92. The van der Waals surface area contributed by atoms with Crippen LogP contribution in [0.5, 0.6) is 0 Å². The molecular weight excluding hydrogens is 542 g/mol. The Morgan fingerprint density at radius 3 is 1.05 bits per heavy atom. The van der Waals surface area contributed by atoms with E-state index in [0.717, 1.165) is 0 Å². The second kappa shape index (κ2) is 22.7. The lowest BCUT2D eigenvalue weighted by Crippen LogP contribution is -2.53. The number of nitrogens with one attached hydrogen (secondary N) is 1. The van der Waals surface area contributed by atoms with Crippen LogP contribution in [0.2, 0.25) is 0 Å².